The lowest BCUT2D eigenvalue weighted by atomic mass is 9.86. The Bertz CT molecular complexity index is 431. The lowest BCUT2D eigenvalue weighted by Gasteiger charge is -2.24. The van der Waals surface area contributed by atoms with Crippen molar-refractivity contribution in [3.8, 4) is 0 Å². The van der Waals surface area contributed by atoms with Crippen molar-refractivity contribution < 1.29 is 8.42 Å². The van der Waals surface area contributed by atoms with E-state index in [-0.39, 0.29) is 6.04 Å². The molecule has 1 saturated carbocycles. The molecule has 6 nitrogen and oxygen atoms in total. The monoisotopic (exact) mass is 288 g/mol. The van der Waals surface area contributed by atoms with E-state index in [0.29, 0.717) is 25.0 Å². The van der Waals surface area contributed by atoms with E-state index in [0.717, 1.165) is 19.4 Å². The summed E-state index contributed by atoms with van der Waals surface area (Å²) in [6.45, 7) is 1.96. The van der Waals surface area contributed by atoms with Gasteiger partial charge in [0.2, 0.25) is 10.0 Å². The van der Waals surface area contributed by atoms with E-state index < -0.39 is 10.0 Å². The van der Waals surface area contributed by atoms with E-state index >= 15 is 0 Å². The van der Waals surface area contributed by atoms with Gasteiger partial charge in [0.15, 0.2) is 5.96 Å². The van der Waals surface area contributed by atoms with Gasteiger partial charge in [0.25, 0.3) is 0 Å². The van der Waals surface area contributed by atoms with Crippen molar-refractivity contribution in [2.45, 2.75) is 38.1 Å². The minimum absolute atomic E-state index is 0.00690. The summed E-state index contributed by atoms with van der Waals surface area (Å²) >= 11 is 0. The summed E-state index contributed by atoms with van der Waals surface area (Å²) in [7, 11) is -3.11. The number of nitrogens with two attached hydrogens (primary N) is 1. The number of nitrogens with zero attached hydrogens (tertiary/aromatic N) is 2. The van der Waals surface area contributed by atoms with Gasteiger partial charge in [-0.25, -0.2) is 8.42 Å². The molecule has 2 rings (SSSR count). The average Bonchev–Trinajstić information content (AvgIpc) is 2.71. The van der Waals surface area contributed by atoms with Crippen molar-refractivity contribution in [3.63, 3.8) is 0 Å². The molecular weight excluding hydrogens is 264 g/mol. The zero-order valence-electron chi connectivity index (χ0n) is 11.5. The first-order valence-electron chi connectivity index (χ1n) is 6.97. The number of rotatable bonds is 5. The van der Waals surface area contributed by atoms with E-state index in [1.165, 1.54) is 25.5 Å². The highest BCUT2D eigenvalue weighted by molar-refractivity contribution is 7.88. The fourth-order valence-corrected chi connectivity index (χ4v) is 3.81. The second-order valence-corrected chi connectivity index (χ2v) is 7.51. The maximum atomic E-state index is 11.6. The van der Waals surface area contributed by atoms with E-state index in [1.807, 2.05) is 0 Å². The normalized spacial score (nSPS) is 26.4. The molecule has 0 amide bonds. The van der Waals surface area contributed by atoms with E-state index in [4.69, 9.17) is 5.73 Å². The average molecular weight is 288 g/mol. The Morgan fingerprint density at radius 2 is 2.11 bits per heavy atom. The molecule has 0 aromatic carbocycles. The first kappa shape index (κ1) is 14.6. The number of aliphatic imine (C=N–C) groups is 1. The Balaban J connectivity index is 1.77. The highest BCUT2D eigenvalue weighted by atomic mass is 32.2. The largest absolute Gasteiger partial charge is 0.370 e. The molecule has 7 heteroatoms. The van der Waals surface area contributed by atoms with Crippen molar-refractivity contribution in [1.82, 2.24) is 9.62 Å². The van der Waals surface area contributed by atoms with Crippen molar-refractivity contribution in [2.24, 2.45) is 16.6 Å². The van der Waals surface area contributed by atoms with Gasteiger partial charge in [-0.2, -0.15) is 4.31 Å². The minimum Gasteiger partial charge on any atom is -0.370 e. The summed E-state index contributed by atoms with van der Waals surface area (Å²) in [6, 6.07) is 0.00690. The van der Waals surface area contributed by atoms with Gasteiger partial charge >= 0.3 is 0 Å². The van der Waals surface area contributed by atoms with Gasteiger partial charge in [-0.15, -0.1) is 0 Å². The Labute approximate surface area is 115 Å². The Morgan fingerprint density at radius 1 is 1.37 bits per heavy atom. The molecule has 0 bridgehead atoms. The van der Waals surface area contributed by atoms with E-state index in [1.54, 1.807) is 4.31 Å². The zero-order chi connectivity index (χ0) is 13.9. The first-order chi connectivity index (χ1) is 8.97. The summed E-state index contributed by atoms with van der Waals surface area (Å²) < 4.78 is 24.7. The molecule has 1 saturated heterocycles. The summed E-state index contributed by atoms with van der Waals surface area (Å²) in [6.07, 6.45) is 6.87. The van der Waals surface area contributed by atoms with Crippen molar-refractivity contribution >= 4 is 16.0 Å². The molecule has 1 aliphatic heterocycles. The van der Waals surface area contributed by atoms with Crippen molar-refractivity contribution in [1.29, 1.82) is 0 Å². The van der Waals surface area contributed by atoms with E-state index in [2.05, 4.69) is 10.3 Å². The summed E-state index contributed by atoms with van der Waals surface area (Å²) in [5, 5.41) is 3.05. The van der Waals surface area contributed by atoms with Gasteiger partial charge in [-0.1, -0.05) is 6.42 Å². The maximum absolute atomic E-state index is 11.6. The third-order valence-electron chi connectivity index (χ3n) is 4.01. The summed E-state index contributed by atoms with van der Waals surface area (Å²) in [5.41, 5.74) is 5.80. The van der Waals surface area contributed by atoms with Crippen LogP contribution in [-0.4, -0.2) is 50.6 Å². The molecular formula is C12H24N4O2S. The number of nitrogens with one attached hydrogen (secondary N) is 1. The second kappa shape index (κ2) is 6.09. The molecule has 1 heterocycles. The van der Waals surface area contributed by atoms with Crippen LogP contribution in [0.25, 0.3) is 0 Å². The fourth-order valence-electron chi connectivity index (χ4n) is 2.63. The van der Waals surface area contributed by atoms with Crippen LogP contribution in [-0.2, 0) is 10.0 Å². The summed E-state index contributed by atoms with van der Waals surface area (Å²) in [4.78, 5) is 4.31. The van der Waals surface area contributed by atoms with Crippen LogP contribution < -0.4 is 11.1 Å². The molecule has 19 heavy (non-hydrogen) atoms. The molecule has 0 aromatic rings. The van der Waals surface area contributed by atoms with Crippen LogP contribution in [0.2, 0.25) is 0 Å². The molecule has 0 radical (unpaired) electrons. The topological polar surface area (TPSA) is 87.8 Å². The Hall–Kier alpha value is -0.820. The van der Waals surface area contributed by atoms with Gasteiger partial charge in [0.05, 0.1) is 6.26 Å². The molecule has 1 aliphatic carbocycles. The first-order valence-corrected chi connectivity index (χ1v) is 8.82. The number of hydrogen-bond acceptors (Lipinski definition) is 3. The number of hydrogen-bond donors (Lipinski definition) is 2. The Kier molecular flexibility index (Phi) is 4.67. The van der Waals surface area contributed by atoms with Crippen LogP contribution in [0.15, 0.2) is 4.99 Å². The maximum Gasteiger partial charge on any atom is 0.211 e. The molecule has 2 aliphatic rings. The SMILES string of the molecule is CS(=O)(=O)N1CCC[C@@H]1CNC(N)=NCC1CCC1. The van der Waals surface area contributed by atoms with Crippen molar-refractivity contribution in [2.75, 3.05) is 25.9 Å². The molecule has 2 fully saturated rings. The van der Waals surface area contributed by atoms with Crippen LogP contribution in [0.4, 0.5) is 0 Å². The fraction of sp³-hybridized carbons (Fsp3) is 0.917. The van der Waals surface area contributed by atoms with Crippen LogP contribution >= 0.6 is 0 Å². The van der Waals surface area contributed by atoms with Gasteiger partial charge < -0.3 is 11.1 Å². The molecule has 0 aromatic heterocycles. The predicted octanol–water partition coefficient (Wildman–Crippen LogP) is 0.115. The number of sulfonamides is 1. The molecule has 0 unspecified atom stereocenters. The van der Waals surface area contributed by atoms with Gasteiger partial charge in [-0.05, 0) is 31.6 Å². The predicted molar refractivity (Wildman–Crippen MR) is 76.4 cm³/mol. The lowest BCUT2D eigenvalue weighted by Crippen LogP contribution is -2.44. The van der Waals surface area contributed by atoms with E-state index in [9.17, 15) is 8.42 Å². The Morgan fingerprint density at radius 3 is 2.68 bits per heavy atom. The van der Waals surface area contributed by atoms with Gasteiger partial charge in [-0.3, -0.25) is 4.99 Å². The van der Waals surface area contributed by atoms with Gasteiger partial charge in [0.1, 0.15) is 0 Å². The van der Waals surface area contributed by atoms with Crippen LogP contribution in [0.1, 0.15) is 32.1 Å². The van der Waals surface area contributed by atoms with Crippen LogP contribution in [0, 0.1) is 5.92 Å². The third-order valence-corrected chi connectivity index (χ3v) is 5.35. The minimum atomic E-state index is -3.11. The standard InChI is InChI=1S/C12H24N4O2S/c1-19(17,18)16-7-3-6-11(16)9-15-12(13)14-8-10-4-2-5-10/h10-11H,2-9H2,1H3,(H3,13,14,15)/t11-/m1/s1. The zero-order valence-corrected chi connectivity index (χ0v) is 12.3. The lowest BCUT2D eigenvalue weighted by molar-refractivity contribution is 0.326. The summed E-state index contributed by atoms with van der Waals surface area (Å²) in [5.74, 6) is 1.13. The van der Waals surface area contributed by atoms with Crippen molar-refractivity contribution in [3.05, 3.63) is 0 Å². The third kappa shape index (κ3) is 4.07. The smallest absolute Gasteiger partial charge is 0.211 e. The number of guanidine groups is 1. The second-order valence-electron chi connectivity index (χ2n) is 5.57. The van der Waals surface area contributed by atoms with Crippen LogP contribution in [0.3, 0.4) is 0 Å². The highest BCUT2D eigenvalue weighted by Crippen LogP contribution is 2.26. The molecule has 110 valence electrons. The quantitative estimate of drug-likeness (QED) is 0.555. The highest BCUT2D eigenvalue weighted by Gasteiger charge is 2.31. The molecule has 1 atom stereocenters. The molecule has 0 spiro atoms. The van der Waals surface area contributed by atoms with Gasteiger partial charge in [0, 0.05) is 25.7 Å². The van der Waals surface area contributed by atoms with Crippen LogP contribution in [0.5, 0.6) is 0 Å². The molecule has 3 N–H and O–H groups in total.